The van der Waals surface area contributed by atoms with Gasteiger partial charge in [0.25, 0.3) is 10.0 Å². The van der Waals surface area contributed by atoms with E-state index in [1.807, 2.05) is 25.1 Å². The van der Waals surface area contributed by atoms with E-state index in [4.69, 9.17) is 0 Å². The van der Waals surface area contributed by atoms with Crippen LogP contribution in [0, 0.1) is 6.92 Å². The molecular weight excluding hydrogens is 420 g/mol. The highest BCUT2D eigenvalue weighted by Crippen LogP contribution is 2.25. The van der Waals surface area contributed by atoms with Crippen molar-refractivity contribution in [1.29, 1.82) is 0 Å². The number of sulfonamides is 1. The molecule has 4 rings (SSSR count). The molecule has 0 radical (unpaired) electrons. The number of amides is 1. The number of aryl methyl sites for hydroxylation is 1. The van der Waals surface area contributed by atoms with Crippen LogP contribution in [0.2, 0.25) is 0 Å². The molecule has 2 N–H and O–H groups in total. The number of carbonyl (C=O) groups excluding carboxylic acids is 1. The summed E-state index contributed by atoms with van der Waals surface area (Å²) >= 11 is 1.21. The van der Waals surface area contributed by atoms with Gasteiger partial charge in [-0.3, -0.25) is 9.52 Å². The Balaban J connectivity index is 0.00000272. The SMILES string of the molecule is Cc1cccc(CNC2CCN(c3ccc(S(=O)(=O)Nc4nccs4)cc3)C2=O)c1.[HH]. The Morgan fingerprint density at radius 2 is 2.03 bits per heavy atom. The minimum atomic E-state index is -3.71. The summed E-state index contributed by atoms with van der Waals surface area (Å²) in [5.74, 6) is -0.000768. The van der Waals surface area contributed by atoms with Gasteiger partial charge < -0.3 is 10.2 Å². The van der Waals surface area contributed by atoms with Crippen LogP contribution in [0.5, 0.6) is 0 Å². The number of rotatable bonds is 7. The number of hydrogen-bond donors (Lipinski definition) is 2. The van der Waals surface area contributed by atoms with Crippen molar-refractivity contribution in [2.75, 3.05) is 16.2 Å². The van der Waals surface area contributed by atoms with Gasteiger partial charge in [0, 0.05) is 31.8 Å². The van der Waals surface area contributed by atoms with Gasteiger partial charge in [-0.1, -0.05) is 29.8 Å². The molecule has 0 saturated carbocycles. The second kappa shape index (κ2) is 8.55. The van der Waals surface area contributed by atoms with E-state index in [1.165, 1.54) is 35.2 Å². The monoisotopic (exact) mass is 444 g/mol. The molecule has 9 heteroatoms. The van der Waals surface area contributed by atoms with Crippen molar-refractivity contribution in [2.45, 2.75) is 30.8 Å². The number of anilines is 2. The third kappa shape index (κ3) is 4.53. The maximum atomic E-state index is 12.8. The first-order valence-electron chi connectivity index (χ1n) is 9.55. The smallest absolute Gasteiger partial charge is 0.263 e. The summed E-state index contributed by atoms with van der Waals surface area (Å²) in [6, 6.07) is 14.3. The van der Waals surface area contributed by atoms with Gasteiger partial charge in [0.2, 0.25) is 5.91 Å². The summed E-state index contributed by atoms with van der Waals surface area (Å²) in [4.78, 5) is 18.6. The molecule has 0 spiro atoms. The van der Waals surface area contributed by atoms with Crippen LogP contribution in [0.25, 0.3) is 0 Å². The van der Waals surface area contributed by atoms with Crippen LogP contribution in [-0.4, -0.2) is 31.9 Å². The molecule has 2 aromatic carbocycles. The summed E-state index contributed by atoms with van der Waals surface area (Å²) < 4.78 is 27.4. The zero-order chi connectivity index (χ0) is 21.1. The maximum absolute atomic E-state index is 12.8. The Bertz CT molecular complexity index is 1140. The topological polar surface area (TPSA) is 91.4 Å². The molecular formula is C21H24N4O3S2. The first kappa shape index (κ1) is 20.5. The van der Waals surface area contributed by atoms with Crippen molar-refractivity contribution in [3.63, 3.8) is 0 Å². The Hall–Kier alpha value is -2.75. The summed E-state index contributed by atoms with van der Waals surface area (Å²) in [6.07, 6.45) is 2.24. The molecule has 1 aliphatic heterocycles. The molecule has 1 atom stereocenters. The van der Waals surface area contributed by atoms with Gasteiger partial charge in [-0.2, -0.15) is 0 Å². The third-order valence-corrected chi connectivity index (χ3v) is 7.13. The molecule has 1 saturated heterocycles. The molecule has 158 valence electrons. The molecule has 0 bridgehead atoms. The van der Waals surface area contributed by atoms with Crippen LogP contribution in [0.3, 0.4) is 0 Å². The van der Waals surface area contributed by atoms with Crippen molar-refractivity contribution in [2.24, 2.45) is 0 Å². The van der Waals surface area contributed by atoms with Crippen molar-refractivity contribution in [1.82, 2.24) is 10.3 Å². The van der Waals surface area contributed by atoms with E-state index in [1.54, 1.807) is 22.4 Å². The highest BCUT2D eigenvalue weighted by atomic mass is 32.2. The lowest BCUT2D eigenvalue weighted by molar-refractivity contribution is -0.118. The minimum absolute atomic E-state index is 0. The van der Waals surface area contributed by atoms with E-state index in [2.05, 4.69) is 21.1 Å². The van der Waals surface area contributed by atoms with E-state index < -0.39 is 10.0 Å². The molecule has 1 aliphatic rings. The molecule has 1 unspecified atom stereocenters. The number of nitrogens with zero attached hydrogens (tertiary/aromatic N) is 2. The van der Waals surface area contributed by atoms with E-state index in [9.17, 15) is 13.2 Å². The quantitative estimate of drug-likeness (QED) is 0.583. The summed E-state index contributed by atoms with van der Waals surface area (Å²) in [7, 11) is -3.71. The fourth-order valence-electron chi connectivity index (χ4n) is 3.44. The Kier molecular flexibility index (Phi) is 5.85. The lowest BCUT2D eigenvalue weighted by Crippen LogP contribution is -2.38. The molecule has 1 fully saturated rings. The predicted octanol–water partition coefficient (Wildman–Crippen LogP) is 3.39. The Labute approximate surface area is 181 Å². The number of thiazole rings is 1. The van der Waals surface area contributed by atoms with E-state index in [-0.39, 0.29) is 18.3 Å². The van der Waals surface area contributed by atoms with Crippen molar-refractivity contribution >= 4 is 38.1 Å². The van der Waals surface area contributed by atoms with Gasteiger partial charge in [-0.15, -0.1) is 11.3 Å². The maximum Gasteiger partial charge on any atom is 0.263 e. The molecule has 2 heterocycles. The number of hydrogen-bond acceptors (Lipinski definition) is 6. The molecule has 7 nitrogen and oxygen atoms in total. The zero-order valence-electron chi connectivity index (χ0n) is 16.4. The number of aromatic nitrogens is 1. The number of nitrogens with one attached hydrogen (secondary N) is 2. The van der Waals surface area contributed by atoms with Crippen LogP contribution in [0.15, 0.2) is 65.0 Å². The second-order valence-electron chi connectivity index (χ2n) is 7.14. The highest BCUT2D eigenvalue weighted by molar-refractivity contribution is 7.93. The van der Waals surface area contributed by atoms with Crippen LogP contribution in [0.4, 0.5) is 10.8 Å². The third-order valence-electron chi connectivity index (χ3n) is 4.95. The van der Waals surface area contributed by atoms with Crippen LogP contribution in [-0.2, 0) is 21.4 Å². The van der Waals surface area contributed by atoms with E-state index in [0.717, 1.165) is 5.56 Å². The van der Waals surface area contributed by atoms with Crippen LogP contribution in [0.1, 0.15) is 19.0 Å². The average molecular weight is 445 g/mol. The average Bonchev–Trinajstić information content (AvgIpc) is 3.36. The fourth-order valence-corrected chi connectivity index (χ4v) is 5.23. The molecule has 1 amide bonds. The second-order valence-corrected chi connectivity index (χ2v) is 9.71. The summed E-state index contributed by atoms with van der Waals surface area (Å²) in [6.45, 7) is 3.27. The number of benzene rings is 2. The highest BCUT2D eigenvalue weighted by Gasteiger charge is 2.32. The van der Waals surface area contributed by atoms with E-state index in [0.29, 0.717) is 30.3 Å². The lowest BCUT2D eigenvalue weighted by atomic mass is 10.1. The van der Waals surface area contributed by atoms with Gasteiger partial charge in [0.1, 0.15) is 0 Å². The van der Waals surface area contributed by atoms with Gasteiger partial charge in [0.05, 0.1) is 10.9 Å². The summed E-state index contributed by atoms with van der Waals surface area (Å²) in [5, 5.41) is 5.35. The van der Waals surface area contributed by atoms with Gasteiger partial charge in [0.15, 0.2) is 5.13 Å². The van der Waals surface area contributed by atoms with Crippen LogP contribution < -0.4 is 14.9 Å². The normalized spacial score (nSPS) is 16.8. The van der Waals surface area contributed by atoms with Crippen molar-refractivity contribution in [3.05, 3.63) is 71.2 Å². The van der Waals surface area contributed by atoms with Crippen molar-refractivity contribution < 1.29 is 14.6 Å². The Morgan fingerprint density at radius 1 is 1.23 bits per heavy atom. The standard InChI is InChI=1S/C21H22N4O3S2.H2/c1-15-3-2-4-16(13-15)14-23-19-9-11-25(20(19)26)17-5-7-18(8-6-17)30(27,28)24-21-22-10-12-29-21;/h2-8,10,12-13,19,23H,9,11,14H2,1H3,(H,22,24);1H. The van der Waals surface area contributed by atoms with Gasteiger partial charge in [-0.25, -0.2) is 13.4 Å². The minimum Gasteiger partial charge on any atom is -0.311 e. The van der Waals surface area contributed by atoms with Gasteiger partial charge >= 0.3 is 0 Å². The molecule has 0 aliphatic carbocycles. The predicted molar refractivity (Wildman–Crippen MR) is 120 cm³/mol. The fraction of sp³-hybridized carbons (Fsp3) is 0.238. The van der Waals surface area contributed by atoms with Crippen LogP contribution >= 0.6 is 11.3 Å². The Morgan fingerprint density at radius 3 is 2.73 bits per heavy atom. The first-order valence-corrected chi connectivity index (χ1v) is 11.9. The number of carbonyl (C=O) groups is 1. The lowest BCUT2D eigenvalue weighted by Gasteiger charge is -2.18. The molecule has 30 heavy (non-hydrogen) atoms. The largest absolute Gasteiger partial charge is 0.311 e. The summed E-state index contributed by atoms with van der Waals surface area (Å²) in [5.41, 5.74) is 3.02. The zero-order valence-corrected chi connectivity index (χ0v) is 18.0. The first-order chi connectivity index (χ1) is 14.4. The molecule has 3 aromatic rings. The molecule has 1 aromatic heterocycles. The van der Waals surface area contributed by atoms with Gasteiger partial charge in [-0.05, 0) is 43.2 Å². The van der Waals surface area contributed by atoms with E-state index >= 15 is 0 Å². The van der Waals surface area contributed by atoms with Crippen molar-refractivity contribution in [3.8, 4) is 0 Å².